The molecule has 4 nitrogen and oxygen atoms in total. The van der Waals surface area contributed by atoms with Crippen LogP contribution in [0.2, 0.25) is 0 Å². The predicted octanol–water partition coefficient (Wildman–Crippen LogP) is 1.10. The van der Waals surface area contributed by atoms with Crippen molar-refractivity contribution in [3.63, 3.8) is 0 Å². The van der Waals surface area contributed by atoms with Gasteiger partial charge in [-0.1, -0.05) is 0 Å². The van der Waals surface area contributed by atoms with Crippen LogP contribution in [0.4, 0.5) is 0 Å². The van der Waals surface area contributed by atoms with E-state index in [9.17, 15) is 4.79 Å². The van der Waals surface area contributed by atoms with Crippen molar-refractivity contribution in [1.82, 2.24) is 10.2 Å². The first-order chi connectivity index (χ1) is 7.29. The van der Waals surface area contributed by atoms with Crippen molar-refractivity contribution in [3.8, 4) is 0 Å². The van der Waals surface area contributed by atoms with Gasteiger partial charge in [0.2, 0.25) is 0 Å². The molecule has 1 N–H and O–H groups in total. The molecular weight excluding hydrogens is 192 g/mol. The van der Waals surface area contributed by atoms with E-state index in [0.717, 1.165) is 25.9 Å². The monoisotopic (exact) mass is 208 g/mol. The van der Waals surface area contributed by atoms with E-state index < -0.39 is 0 Å². The molecule has 0 bridgehead atoms. The standard InChI is InChI=1S/C11H16N2O2/c1-13(9-4-6-12-7-5-9)11(14)10-3-2-8-15-10/h2-3,8-9,12H,4-7H2,1H3. The number of carbonyl (C=O) groups is 1. The summed E-state index contributed by atoms with van der Waals surface area (Å²) < 4.78 is 5.10. The number of hydrogen-bond donors (Lipinski definition) is 1. The van der Waals surface area contributed by atoms with Crippen LogP contribution in [0.25, 0.3) is 0 Å². The highest BCUT2D eigenvalue weighted by Gasteiger charge is 2.23. The molecule has 2 heterocycles. The van der Waals surface area contributed by atoms with Crippen molar-refractivity contribution in [2.45, 2.75) is 18.9 Å². The van der Waals surface area contributed by atoms with Crippen molar-refractivity contribution < 1.29 is 9.21 Å². The van der Waals surface area contributed by atoms with Crippen LogP contribution >= 0.6 is 0 Å². The lowest BCUT2D eigenvalue weighted by molar-refractivity contribution is 0.0671. The molecule has 82 valence electrons. The molecule has 0 radical (unpaired) electrons. The first-order valence-corrected chi connectivity index (χ1v) is 5.30. The molecule has 1 aromatic rings. The lowest BCUT2D eigenvalue weighted by atomic mass is 10.1. The molecule has 2 rings (SSSR count). The summed E-state index contributed by atoms with van der Waals surface area (Å²) in [5.41, 5.74) is 0. The molecule has 4 heteroatoms. The number of nitrogens with zero attached hydrogens (tertiary/aromatic N) is 1. The van der Waals surface area contributed by atoms with E-state index in [4.69, 9.17) is 4.42 Å². The smallest absolute Gasteiger partial charge is 0.289 e. The van der Waals surface area contributed by atoms with Gasteiger partial charge in [0.05, 0.1) is 6.26 Å². The zero-order valence-electron chi connectivity index (χ0n) is 8.90. The molecule has 15 heavy (non-hydrogen) atoms. The van der Waals surface area contributed by atoms with Gasteiger partial charge >= 0.3 is 0 Å². The maximum atomic E-state index is 11.9. The van der Waals surface area contributed by atoms with Crippen molar-refractivity contribution in [3.05, 3.63) is 24.2 Å². The van der Waals surface area contributed by atoms with Crippen LogP contribution in [0.1, 0.15) is 23.4 Å². The van der Waals surface area contributed by atoms with Crippen LogP contribution in [-0.4, -0.2) is 37.0 Å². The molecule has 0 atom stereocenters. The van der Waals surface area contributed by atoms with Crippen molar-refractivity contribution in [2.24, 2.45) is 0 Å². The Balaban J connectivity index is 2.00. The lowest BCUT2D eigenvalue weighted by Crippen LogP contribution is -2.43. The van der Waals surface area contributed by atoms with Crippen LogP contribution in [0.15, 0.2) is 22.8 Å². The molecule has 1 aromatic heterocycles. The average Bonchev–Trinajstić information content (AvgIpc) is 2.82. The quantitative estimate of drug-likeness (QED) is 0.791. The second-order valence-electron chi connectivity index (χ2n) is 3.87. The fraction of sp³-hybridized carbons (Fsp3) is 0.545. The van der Waals surface area contributed by atoms with E-state index in [1.165, 1.54) is 6.26 Å². The number of hydrogen-bond acceptors (Lipinski definition) is 3. The minimum atomic E-state index is -0.0214. The third kappa shape index (κ3) is 2.21. The molecule has 1 aliphatic heterocycles. The molecule has 1 amide bonds. The Morgan fingerprint density at radius 3 is 2.87 bits per heavy atom. The number of carbonyl (C=O) groups excluding carboxylic acids is 1. The lowest BCUT2D eigenvalue weighted by Gasteiger charge is -2.31. The molecule has 0 aromatic carbocycles. The first kappa shape index (κ1) is 10.2. The van der Waals surface area contributed by atoms with Gasteiger partial charge in [0.25, 0.3) is 5.91 Å². The zero-order chi connectivity index (χ0) is 10.7. The normalized spacial score (nSPS) is 17.7. The molecule has 0 aliphatic carbocycles. The first-order valence-electron chi connectivity index (χ1n) is 5.30. The van der Waals surface area contributed by atoms with Crippen LogP contribution < -0.4 is 5.32 Å². The molecule has 1 fully saturated rings. The third-order valence-electron chi connectivity index (χ3n) is 2.91. The summed E-state index contributed by atoms with van der Waals surface area (Å²) in [5, 5.41) is 3.28. The summed E-state index contributed by atoms with van der Waals surface area (Å²) >= 11 is 0. The molecular formula is C11H16N2O2. The Hall–Kier alpha value is -1.29. The SMILES string of the molecule is CN(C(=O)c1ccco1)C1CCNCC1. The van der Waals surface area contributed by atoms with E-state index in [0.29, 0.717) is 11.8 Å². The van der Waals surface area contributed by atoms with E-state index in [-0.39, 0.29) is 5.91 Å². The number of rotatable bonds is 2. The summed E-state index contributed by atoms with van der Waals surface area (Å²) in [6.07, 6.45) is 3.56. The second-order valence-corrected chi connectivity index (χ2v) is 3.87. The maximum Gasteiger partial charge on any atom is 0.289 e. The highest BCUT2D eigenvalue weighted by atomic mass is 16.3. The Morgan fingerprint density at radius 2 is 2.27 bits per heavy atom. The van der Waals surface area contributed by atoms with Gasteiger partial charge in [-0.3, -0.25) is 4.79 Å². The van der Waals surface area contributed by atoms with Gasteiger partial charge in [0.1, 0.15) is 0 Å². The summed E-state index contributed by atoms with van der Waals surface area (Å²) in [7, 11) is 1.85. The van der Waals surface area contributed by atoms with Gasteiger partial charge < -0.3 is 14.6 Å². The highest BCUT2D eigenvalue weighted by Crippen LogP contribution is 2.13. The Morgan fingerprint density at radius 1 is 1.53 bits per heavy atom. The Bertz CT molecular complexity index is 315. The summed E-state index contributed by atoms with van der Waals surface area (Å²) in [6.45, 7) is 1.97. The minimum Gasteiger partial charge on any atom is -0.459 e. The molecule has 0 saturated carbocycles. The summed E-state index contributed by atoms with van der Waals surface area (Å²) in [5.74, 6) is 0.405. The van der Waals surface area contributed by atoms with Crippen molar-refractivity contribution in [2.75, 3.05) is 20.1 Å². The molecule has 1 aliphatic rings. The van der Waals surface area contributed by atoms with E-state index >= 15 is 0 Å². The largest absolute Gasteiger partial charge is 0.459 e. The topological polar surface area (TPSA) is 45.5 Å². The second kappa shape index (κ2) is 4.49. The van der Waals surface area contributed by atoms with Crippen LogP contribution in [0, 0.1) is 0 Å². The molecule has 1 saturated heterocycles. The van der Waals surface area contributed by atoms with E-state index in [1.54, 1.807) is 17.0 Å². The van der Waals surface area contributed by atoms with Crippen LogP contribution in [0.3, 0.4) is 0 Å². The van der Waals surface area contributed by atoms with Crippen molar-refractivity contribution in [1.29, 1.82) is 0 Å². The Kier molecular flexibility index (Phi) is 3.06. The predicted molar refractivity (Wildman–Crippen MR) is 56.7 cm³/mol. The fourth-order valence-electron chi connectivity index (χ4n) is 1.93. The Labute approximate surface area is 89.2 Å². The van der Waals surface area contributed by atoms with Gasteiger partial charge in [-0.05, 0) is 38.1 Å². The highest BCUT2D eigenvalue weighted by molar-refractivity contribution is 5.91. The maximum absolute atomic E-state index is 11.9. The average molecular weight is 208 g/mol. The summed E-state index contributed by atoms with van der Waals surface area (Å²) in [4.78, 5) is 13.7. The number of piperidine rings is 1. The van der Waals surface area contributed by atoms with Crippen molar-refractivity contribution >= 4 is 5.91 Å². The van der Waals surface area contributed by atoms with Gasteiger partial charge in [-0.15, -0.1) is 0 Å². The minimum absolute atomic E-state index is 0.0214. The number of nitrogens with one attached hydrogen (secondary N) is 1. The van der Waals surface area contributed by atoms with Crippen LogP contribution in [-0.2, 0) is 0 Å². The third-order valence-corrected chi connectivity index (χ3v) is 2.91. The molecule has 0 unspecified atom stereocenters. The van der Waals surface area contributed by atoms with Gasteiger partial charge in [0.15, 0.2) is 5.76 Å². The molecule has 0 spiro atoms. The van der Waals surface area contributed by atoms with Gasteiger partial charge in [0, 0.05) is 13.1 Å². The van der Waals surface area contributed by atoms with Gasteiger partial charge in [-0.25, -0.2) is 0 Å². The summed E-state index contributed by atoms with van der Waals surface area (Å²) in [6, 6.07) is 3.78. The van der Waals surface area contributed by atoms with E-state index in [1.807, 2.05) is 7.05 Å². The van der Waals surface area contributed by atoms with E-state index in [2.05, 4.69) is 5.32 Å². The number of furan rings is 1. The van der Waals surface area contributed by atoms with Gasteiger partial charge in [-0.2, -0.15) is 0 Å². The fourth-order valence-corrected chi connectivity index (χ4v) is 1.93. The zero-order valence-corrected chi connectivity index (χ0v) is 8.90. The van der Waals surface area contributed by atoms with Crippen LogP contribution in [0.5, 0.6) is 0 Å². The number of amides is 1.